The minimum atomic E-state index is -0.810. The van der Waals surface area contributed by atoms with E-state index in [1.165, 1.54) is 0 Å². The van der Waals surface area contributed by atoms with Crippen LogP contribution in [-0.4, -0.2) is 62.6 Å². The number of aliphatic carboxylic acids is 1. The zero-order chi connectivity index (χ0) is 19.1. The summed E-state index contributed by atoms with van der Waals surface area (Å²) >= 11 is 0. The van der Waals surface area contributed by atoms with Gasteiger partial charge in [-0.2, -0.15) is 4.98 Å². The Morgan fingerprint density at radius 1 is 1.31 bits per heavy atom. The maximum absolute atomic E-state index is 11.8. The number of carboxylic acids is 1. The third-order valence-electron chi connectivity index (χ3n) is 5.61. The molecule has 0 unspecified atom stereocenters. The molecule has 26 heavy (non-hydrogen) atoms. The van der Waals surface area contributed by atoms with Crippen LogP contribution in [0.15, 0.2) is 4.52 Å². The molecule has 1 spiro atoms. The minimum absolute atomic E-state index is 0.0500. The van der Waals surface area contributed by atoms with Crippen molar-refractivity contribution in [2.75, 3.05) is 19.6 Å². The normalized spacial score (nSPS) is 23.5. The van der Waals surface area contributed by atoms with Gasteiger partial charge in [0.25, 0.3) is 0 Å². The molecular formula is C18H28N4O4. The Balaban J connectivity index is 1.71. The number of hydrogen-bond donors (Lipinski definition) is 1. The first-order chi connectivity index (χ1) is 12.1. The van der Waals surface area contributed by atoms with E-state index >= 15 is 0 Å². The molecule has 1 aromatic heterocycles. The molecule has 8 heteroatoms. The van der Waals surface area contributed by atoms with Crippen molar-refractivity contribution < 1.29 is 19.2 Å². The summed E-state index contributed by atoms with van der Waals surface area (Å²) in [5, 5.41) is 13.7. The molecule has 0 radical (unpaired) electrons. The summed E-state index contributed by atoms with van der Waals surface area (Å²) in [6, 6.07) is -0.546. The average Bonchev–Trinajstić information content (AvgIpc) is 3.13. The van der Waals surface area contributed by atoms with E-state index in [1.54, 1.807) is 6.92 Å². The number of aromatic nitrogens is 2. The summed E-state index contributed by atoms with van der Waals surface area (Å²) in [6.45, 7) is 10.0. The minimum Gasteiger partial charge on any atom is -0.480 e. The van der Waals surface area contributed by atoms with E-state index in [9.17, 15) is 14.7 Å². The number of rotatable bonds is 3. The molecule has 1 amide bonds. The van der Waals surface area contributed by atoms with Gasteiger partial charge in [-0.15, -0.1) is 0 Å². The first kappa shape index (κ1) is 18.8. The fourth-order valence-corrected chi connectivity index (χ4v) is 4.02. The van der Waals surface area contributed by atoms with Crippen molar-refractivity contribution in [3.05, 3.63) is 11.7 Å². The summed E-state index contributed by atoms with van der Waals surface area (Å²) in [5.74, 6) is 0.365. The van der Waals surface area contributed by atoms with Gasteiger partial charge in [-0.3, -0.25) is 14.5 Å². The predicted molar refractivity (Wildman–Crippen MR) is 93.4 cm³/mol. The van der Waals surface area contributed by atoms with Gasteiger partial charge >= 0.3 is 5.97 Å². The number of nitrogens with zero attached hydrogens (tertiary/aromatic N) is 4. The molecule has 0 aliphatic carbocycles. The van der Waals surface area contributed by atoms with Gasteiger partial charge in [-0.25, -0.2) is 0 Å². The molecule has 2 fully saturated rings. The Labute approximate surface area is 153 Å². The average molecular weight is 364 g/mol. The molecule has 1 N–H and O–H groups in total. The van der Waals surface area contributed by atoms with Gasteiger partial charge in [0.05, 0.1) is 6.54 Å². The van der Waals surface area contributed by atoms with Crippen molar-refractivity contribution in [2.45, 2.75) is 65.0 Å². The smallest absolute Gasteiger partial charge is 0.320 e. The van der Waals surface area contributed by atoms with E-state index in [1.807, 2.05) is 30.6 Å². The van der Waals surface area contributed by atoms with Crippen molar-refractivity contribution >= 4 is 11.9 Å². The molecule has 3 rings (SSSR count). The highest BCUT2D eigenvalue weighted by Gasteiger charge is 2.48. The van der Waals surface area contributed by atoms with E-state index < -0.39 is 12.0 Å². The summed E-state index contributed by atoms with van der Waals surface area (Å²) in [7, 11) is 0. The number of carbonyl (C=O) groups excluding carboxylic acids is 1. The van der Waals surface area contributed by atoms with Crippen molar-refractivity contribution in [3.63, 3.8) is 0 Å². The monoisotopic (exact) mass is 364 g/mol. The van der Waals surface area contributed by atoms with Crippen LogP contribution >= 0.6 is 0 Å². The molecule has 0 bridgehead atoms. The topological polar surface area (TPSA) is 99.8 Å². The molecule has 8 nitrogen and oxygen atoms in total. The van der Waals surface area contributed by atoms with Crippen LogP contribution in [0, 0.1) is 5.41 Å². The largest absolute Gasteiger partial charge is 0.480 e. The first-order valence-corrected chi connectivity index (χ1v) is 9.15. The van der Waals surface area contributed by atoms with Crippen molar-refractivity contribution in [1.29, 1.82) is 0 Å². The highest BCUT2D eigenvalue weighted by molar-refractivity contribution is 5.74. The summed E-state index contributed by atoms with van der Waals surface area (Å²) in [4.78, 5) is 31.6. The van der Waals surface area contributed by atoms with E-state index in [0.29, 0.717) is 44.3 Å². The van der Waals surface area contributed by atoms with Gasteiger partial charge in [-0.05, 0) is 24.7 Å². The lowest BCUT2D eigenvalue weighted by Crippen LogP contribution is -2.43. The molecule has 0 saturated carbocycles. The second-order valence-corrected chi connectivity index (χ2v) is 8.73. The fraction of sp³-hybridized carbons (Fsp3) is 0.778. The van der Waals surface area contributed by atoms with E-state index in [-0.39, 0.29) is 16.7 Å². The SMILES string of the molecule is CC(=O)N1CCC2(CC1)C[C@H](C(=O)O)N(Cc1noc(C(C)(C)C)n1)C2. The Morgan fingerprint density at radius 3 is 2.46 bits per heavy atom. The molecule has 2 aliphatic heterocycles. The van der Waals surface area contributed by atoms with Crippen LogP contribution in [0.3, 0.4) is 0 Å². The fourth-order valence-electron chi connectivity index (χ4n) is 4.02. The molecule has 2 saturated heterocycles. The van der Waals surface area contributed by atoms with Crippen LogP contribution in [0.4, 0.5) is 0 Å². The third-order valence-corrected chi connectivity index (χ3v) is 5.61. The standard InChI is InChI=1S/C18H28N4O4/c1-12(23)21-7-5-18(6-8-21)9-13(15(24)25)22(11-18)10-14-19-16(26-20-14)17(2,3)4/h13H,5-11H2,1-4H3,(H,24,25)/t13-/m1/s1. The van der Waals surface area contributed by atoms with Crippen molar-refractivity contribution in [2.24, 2.45) is 5.41 Å². The Bertz CT molecular complexity index is 686. The van der Waals surface area contributed by atoms with Crippen LogP contribution in [0.2, 0.25) is 0 Å². The molecule has 1 atom stereocenters. The third kappa shape index (κ3) is 3.75. The van der Waals surface area contributed by atoms with Gasteiger partial charge in [0.15, 0.2) is 5.82 Å². The van der Waals surface area contributed by atoms with E-state index in [0.717, 1.165) is 12.8 Å². The number of hydrogen-bond acceptors (Lipinski definition) is 6. The number of carboxylic acid groups (broad SMARTS) is 1. The van der Waals surface area contributed by atoms with Crippen LogP contribution in [-0.2, 0) is 21.5 Å². The van der Waals surface area contributed by atoms with Crippen LogP contribution in [0.5, 0.6) is 0 Å². The number of amides is 1. The van der Waals surface area contributed by atoms with Crippen LogP contribution < -0.4 is 0 Å². The summed E-state index contributed by atoms with van der Waals surface area (Å²) < 4.78 is 5.33. The van der Waals surface area contributed by atoms with Crippen LogP contribution in [0.25, 0.3) is 0 Å². The summed E-state index contributed by atoms with van der Waals surface area (Å²) in [5.41, 5.74) is -0.283. The molecule has 144 valence electrons. The first-order valence-electron chi connectivity index (χ1n) is 9.15. The van der Waals surface area contributed by atoms with E-state index in [2.05, 4.69) is 10.1 Å². The van der Waals surface area contributed by atoms with Gasteiger partial charge in [0.1, 0.15) is 6.04 Å². The second-order valence-electron chi connectivity index (χ2n) is 8.73. The lowest BCUT2D eigenvalue weighted by molar-refractivity contribution is -0.142. The quantitative estimate of drug-likeness (QED) is 0.870. The van der Waals surface area contributed by atoms with Gasteiger partial charge in [-0.1, -0.05) is 25.9 Å². The van der Waals surface area contributed by atoms with Crippen molar-refractivity contribution in [1.82, 2.24) is 19.9 Å². The van der Waals surface area contributed by atoms with Crippen molar-refractivity contribution in [3.8, 4) is 0 Å². The molecule has 0 aromatic carbocycles. The summed E-state index contributed by atoms with van der Waals surface area (Å²) in [6.07, 6.45) is 2.29. The Hall–Kier alpha value is -1.96. The molecule has 1 aromatic rings. The van der Waals surface area contributed by atoms with E-state index in [4.69, 9.17) is 4.52 Å². The lowest BCUT2D eigenvalue weighted by Gasteiger charge is -2.39. The van der Waals surface area contributed by atoms with Crippen LogP contribution in [0.1, 0.15) is 58.7 Å². The zero-order valence-corrected chi connectivity index (χ0v) is 16.0. The zero-order valence-electron chi connectivity index (χ0n) is 16.0. The number of carbonyl (C=O) groups is 2. The number of likely N-dealkylation sites (tertiary alicyclic amines) is 2. The second kappa shape index (κ2) is 6.64. The molecule has 3 heterocycles. The lowest BCUT2D eigenvalue weighted by atomic mass is 9.76. The number of piperidine rings is 1. The predicted octanol–water partition coefficient (Wildman–Crippen LogP) is 1.65. The highest BCUT2D eigenvalue weighted by Crippen LogP contribution is 2.44. The molecular weight excluding hydrogens is 336 g/mol. The Morgan fingerprint density at radius 2 is 1.96 bits per heavy atom. The van der Waals surface area contributed by atoms with Gasteiger partial charge in [0.2, 0.25) is 11.8 Å². The molecule has 2 aliphatic rings. The maximum Gasteiger partial charge on any atom is 0.320 e. The van der Waals surface area contributed by atoms with Gasteiger partial charge < -0.3 is 14.5 Å². The highest BCUT2D eigenvalue weighted by atomic mass is 16.5. The van der Waals surface area contributed by atoms with Gasteiger partial charge in [0, 0.05) is 32.0 Å². The Kier molecular flexibility index (Phi) is 4.81. The maximum atomic E-state index is 11.8.